The average molecular weight is 393 g/mol. The Morgan fingerprint density at radius 2 is 1.90 bits per heavy atom. The van der Waals surface area contributed by atoms with Crippen LogP contribution < -0.4 is 15.3 Å². The smallest absolute Gasteiger partial charge is 0.347 e. The molecule has 0 bridgehead atoms. The first-order chi connectivity index (χ1) is 14.0. The van der Waals surface area contributed by atoms with Crippen molar-refractivity contribution in [1.82, 2.24) is 0 Å². The SMILES string of the molecule is CCN(CC)c1ccc2cc(C(=O)/C=C/c3ccc(OC)c(O)c3)c(=O)oc2c1. The molecule has 0 atom stereocenters. The molecule has 0 aliphatic heterocycles. The number of rotatable bonds is 7. The van der Waals surface area contributed by atoms with Gasteiger partial charge in [0, 0.05) is 30.2 Å². The van der Waals surface area contributed by atoms with Gasteiger partial charge in [0.25, 0.3) is 0 Å². The van der Waals surface area contributed by atoms with Crippen LogP contribution in [0, 0.1) is 0 Å². The van der Waals surface area contributed by atoms with Crippen molar-refractivity contribution >= 4 is 28.5 Å². The van der Waals surface area contributed by atoms with E-state index in [0.29, 0.717) is 22.3 Å². The number of hydrogen-bond acceptors (Lipinski definition) is 6. The Kier molecular flexibility index (Phi) is 6.02. The number of aromatic hydroxyl groups is 1. The van der Waals surface area contributed by atoms with Crippen LogP contribution in [-0.4, -0.2) is 31.1 Å². The van der Waals surface area contributed by atoms with Crippen molar-refractivity contribution in [1.29, 1.82) is 0 Å². The monoisotopic (exact) mass is 393 g/mol. The van der Waals surface area contributed by atoms with Gasteiger partial charge in [0.1, 0.15) is 11.1 Å². The zero-order chi connectivity index (χ0) is 21.0. The number of nitrogens with zero attached hydrogens (tertiary/aromatic N) is 1. The van der Waals surface area contributed by atoms with Gasteiger partial charge in [-0.3, -0.25) is 4.79 Å². The quantitative estimate of drug-likeness (QED) is 0.367. The Morgan fingerprint density at radius 1 is 1.14 bits per heavy atom. The van der Waals surface area contributed by atoms with Crippen LogP contribution in [0.15, 0.2) is 57.8 Å². The Balaban J connectivity index is 1.89. The lowest BCUT2D eigenvalue weighted by atomic mass is 10.1. The number of carbonyl (C=O) groups excluding carboxylic acids is 1. The van der Waals surface area contributed by atoms with Crippen LogP contribution in [0.2, 0.25) is 0 Å². The number of hydrogen-bond donors (Lipinski definition) is 1. The fourth-order valence-electron chi connectivity index (χ4n) is 3.13. The average Bonchev–Trinajstić information content (AvgIpc) is 2.72. The highest BCUT2D eigenvalue weighted by molar-refractivity contribution is 6.07. The van der Waals surface area contributed by atoms with Crippen LogP contribution in [0.3, 0.4) is 0 Å². The molecule has 0 aliphatic carbocycles. The largest absolute Gasteiger partial charge is 0.504 e. The first-order valence-corrected chi connectivity index (χ1v) is 9.39. The first kappa shape index (κ1) is 20.2. The van der Waals surface area contributed by atoms with Crippen LogP contribution in [0.5, 0.6) is 11.5 Å². The number of phenols is 1. The molecule has 6 heteroatoms. The highest BCUT2D eigenvalue weighted by Crippen LogP contribution is 2.27. The normalized spacial score (nSPS) is 11.1. The Hall–Kier alpha value is -3.54. The van der Waals surface area contributed by atoms with Gasteiger partial charge < -0.3 is 19.2 Å². The van der Waals surface area contributed by atoms with Crippen LogP contribution in [0.4, 0.5) is 5.69 Å². The molecule has 150 valence electrons. The van der Waals surface area contributed by atoms with Gasteiger partial charge >= 0.3 is 5.63 Å². The number of ether oxygens (including phenoxy) is 1. The number of methoxy groups -OCH3 is 1. The van der Waals surface area contributed by atoms with Crippen molar-refractivity contribution in [3.05, 3.63) is 70.1 Å². The molecular weight excluding hydrogens is 370 g/mol. The van der Waals surface area contributed by atoms with E-state index in [0.717, 1.165) is 18.8 Å². The molecule has 0 saturated heterocycles. The van der Waals surface area contributed by atoms with E-state index in [1.807, 2.05) is 18.2 Å². The summed E-state index contributed by atoms with van der Waals surface area (Å²) in [7, 11) is 1.46. The second kappa shape index (κ2) is 8.65. The highest BCUT2D eigenvalue weighted by atomic mass is 16.5. The summed E-state index contributed by atoms with van der Waals surface area (Å²) in [6.45, 7) is 5.80. The first-order valence-electron chi connectivity index (χ1n) is 9.39. The molecule has 0 spiro atoms. The third kappa shape index (κ3) is 4.32. The summed E-state index contributed by atoms with van der Waals surface area (Å²) >= 11 is 0. The summed E-state index contributed by atoms with van der Waals surface area (Å²) in [4.78, 5) is 27.0. The third-order valence-corrected chi connectivity index (χ3v) is 4.74. The van der Waals surface area contributed by atoms with Crippen LogP contribution in [-0.2, 0) is 0 Å². The molecule has 0 radical (unpaired) electrons. The predicted octanol–water partition coefficient (Wildman–Crippen LogP) is 4.25. The molecular formula is C23H23NO5. The van der Waals surface area contributed by atoms with E-state index in [2.05, 4.69) is 18.7 Å². The fourth-order valence-corrected chi connectivity index (χ4v) is 3.13. The van der Waals surface area contributed by atoms with Gasteiger partial charge in [-0.1, -0.05) is 12.1 Å². The van der Waals surface area contributed by atoms with Gasteiger partial charge in [0.05, 0.1) is 7.11 Å². The molecule has 1 N–H and O–H groups in total. The molecule has 2 aromatic carbocycles. The van der Waals surface area contributed by atoms with Crippen molar-refractivity contribution in [2.24, 2.45) is 0 Å². The molecule has 29 heavy (non-hydrogen) atoms. The number of phenolic OH excluding ortho intramolecular Hbond substituents is 1. The van der Waals surface area contributed by atoms with Gasteiger partial charge in [0.15, 0.2) is 17.3 Å². The van der Waals surface area contributed by atoms with Gasteiger partial charge in [-0.15, -0.1) is 0 Å². The van der Waals surface area contributed by atoms with E-state index >= 15 is 0 Å². The van der Waals surface area contributed by atoms with E-state index < -0.39 is 11.4 Å². The fraction of sp³-hybridized carbons (Fsp3) is 0.217. The molecule has 1 heterocycles. The summed E-state index contributed by atoms with van der Waals surface area (Å²) in [5.41, 5.74) is 1.29. The summed E-state index contributed by atoms with van der Waals surface area (Å²) in [6.07, 6.45) is 2.80. The number of ketones is 1. The maximum absolute atomic E-state index is 12.5. The number of carbonyl (C=O) groups is 1. The maximum atomic E-state index is 12.5. The summed E-state index contributed by atoms with van der Waals surface area (Å²) in [5, 5.41) is 10.5. The van der Waals surface area contributed by atoms with Crippen LogP contribution in [0.1, 0.15) is 29.8 Å². The molecule has 1 aromatic heterocycles. The number of allylic oxidation sites excluding steroid dienone is 1. The standard InChI is InChI=1S/C23H23NO5/c1-4-24(5-2)17-9-8-16-13-18(23(27)29-22(16)14-17)19(25)10-6-15-7-11-21(28-3)20(26)12-15/h6-14,26H,4-5H2,1-3H3/b10-6+. The van der Waals surface area contributed by atoms with Gasteiger partial charge in [0.2, 0.25) is 0 Å². The highest BCUT2D eigenvalue weighted by Gasteiger charge is 2.13. The summed E-state index contributed by atoms with van der Waals surface area (Å²) in [6, 6.07) is 11.9. The van der Waals surface area contributed by atoms with Crippen LogP contribution >= 0.6 is 0 Å². The second-order valence-electron chi connectivity index (χ2n) is 6.47. The lowest BCUT2D eigenvalue weighted by Gasteiger charge is -2.20. The van der Waals surface area contributed by atoms with Crippen molar-refractivity contribution in [2.45, 2.75) is 13.8 Å². The maximum Gasteiger partial charge on any atom is 0.347 e. The van der Waals surface area contributed by atoms with Crippen LogP contribution in [0.25, 0.3) is 17.0 Å². The minimum Gasteiger partial charge on any atom is -0.504 e. The Labute approximate surface area is 168 Å². The lowest BCUT2D eigenvalue weighted by Crippen LogP contribution is -2.21. The molecule has 0 unspecified atom stereocenters. The summed E-state index contributed by atoms with van der Waals surface area (Å²) in [5.74, 6) is -0.159. The van der Waals surface area contributed by atoms with Crippen molar-refractivity contribution in [3.63, 3.8) is 0 Å². The zero-order valence-corrected chi connectivity index (χ0v) is 16.6. The Morgan fingerprint density at radius 3 is 2.55 bits per heavy atom. The van der Waals surface area contributed by atoms with Crippen molar-refractivity contribution in [3.8, 4) is 11.5 Å². The van der Waals surface area contributed by atoms with Crippen molar-refractivity contribution in [2.75, 3.05) is 25.1 Å². The van der Waals surface area contributed by atoms with Gasteiger partial charge in [-0.05, 0) is 55.8 Å². The van der Waals surface area contributed by atoms with E-state index in [1.165, 1.54) is 25.3 Å². The van der Waals surface area contributed by atoms with Gasteiger partial charge in [-0.2, -0.15) is 0 Å². The molecule has 0 amide bonds. The minimum absolute atomic E-state index is 0.0312. The minimum atomic E-state index is -0.679. The van der Waals surface area contributed by atoms with E-state index in [1.54, 1.807) is 18.2 Å². The van der Waals surface area contributed by atoms with Crippen molar-refractivity contribution < 1.29 is 19.1 Å². The van der Waals surface area contributed by atoms with Gasteiger partial charge in [-0.25, -0.2) is 4.79 Å². The molecule has 3 aromatic rings. The molecule has 0 saturated carbocycles. The topological polar surface area (TPSA) is 80.0 Å². The molecule has 6 nitrogen and oxygen atoms in total. The Bertz CT molecular complexity index is 1130. The predicted molar refractivity (Wildman–Crippen MR) is 114 cm³/mol. The second-order valence-corrected chi connectivity index (χ2v) is 6.47. The number of benzene rings is 2. The molecule has 3 rings (SSSR count). The third-order valence-electron chi connectivity index (χ3n) is 4.74. The summed E-state index contributed by atoms with van der Waals surface area (Å²) < 4.78 is 10.4. The van der Waals surface area contributed by atoms with E-state index in [4.69, 9.17) is 9.15 Å². The molecule has 0 aliphatic rings. The zero-order valence-electron chi connectivity index (χ0n) is 16.6. The van der Waals surface area contributed by atoms with E-state index in [-0.39, 0.29) is 11.3 Å². The number of anilines is 1. The molecule has 0 fully saturated rings. The number of fused-ring (bicyclic) bond motifs is 1. The lowest BCUT2D eigenvalue weighted by molar-refractivity contribution is 0.104. The van der Waals surface area contributed by atoms with E-state index in [9.17, 15) is 14.7 Å².